The lowest BCUT2D eigenvalue weighted by atomic mass is 10.0. The van der Waals surface area contributed by atoms with Crippen LogP contribution in [0.15, 0.2) is 54.9 Å². The first-order chi connectivity index (χ1) is 12.1. The Labute approximate surface area is 148 Å². The van der Waals surface area contributed by atoms with Gasteiger partial charge < -0.3 is 9.88 Å². The van der Waals surface area contributed by atoms with Gasteiger partial charge in [0.1, 0.15) is 5.82 Å². The van der Waals surface area contributed by atoms with E-state index >= 15 is 0 Å². The number of amides is 1. The topological polar surface area (TPSA) is 46.9 Å². The SMILES string of the molecule is CCc1cccc(C)c1NC(=O)c1ccc(Cn2ccnc2C)cc1. The zero-order chi connectivity index (χ0) is 17.8. The maximum atomic E-state index is 12.6. The standard InChI is InChI=1S/C21H23N3O/c1-4-18-7-5-6-15(2)20(18)23-21(25)19-10-8-17(9-11-19)14-24-13-12-22-16(24)3/h5-13H,4,14H2,1-3H3,(H,23,25). The van der Waals surface area contributed by atoms with Gasteiger partial charge in [0.2, 0.25) is 0 Å². The average Bonchev–Trinajstić information content (AvgIpc) is 3.02. The van der Waals surface area contributed by atoms with Crippen molar-refractivity contribution in [3.05, 3.63) is 82.9 Å². The summed E-state index contributed by atoms with van der Waals surface area (Å²) in [5.41, 5.74) is 4.97. The van der Waals surface area contributed by atoms with Gasteiger partial charge in [-0.1, -0.05) is 37.3 Å². The van der Waals surface area contributed by atoms with Gasteiger partial charge in [-0.05, 0) is 49.1 Å². The maximum Gasteiger partial charge on any atom is 0.255 e. The minimum atomic E-state index is -0.0747. The molecule has 0 saturated carbocycles. The van der Waals surface area contributed by atoms with Crippen molar-refractivity contribution < 1.29 is 4.79 Å². The number of carbonyl (C=O) groups is 1. The molecule has 4 heteroatoms. The normalized spacial score (nSPS) is 10.7. The molecule has 1 amide bonds. The van der Waals surface area contributed by atoms with Crippen molar-refractivity contribution in [2.75, 3.05) is 5.32 Å². The van der Waals surface area contributed by atoms with Gasteiger partial charge in [-0.3, -0.25) is 4.79 Å². The molecule has 0 saturated heterocycles. The first kappa shape index (κ1) is 17.0. The molecule has 3 rings (SSSR count). The number of nitrogens with zero attached hydrogens (tertiary/aromatic N) is 2. The van der Waals surface area contributed by atoms with Gasteiger partial charge >= 0.3 is 0 Å². The molecule has 0 unspecified atom stereocenters. The van der Waals surface area contributed by atoms with Crippen molar-refractivity contribution in [3.63, 3.8) is 0 Å². The van der Waals surface area contributed by atoms with Crippen molar-refractivity contribution >= 4 is 11.6 Å². The largest absolute Gasteiger partial charge is 0.331 e. The van der Waals surface area contributed by atoms with E-state index < -0.39 is 0 Å². The molecule has 0 radical (unpaired) electrons. The van der Waals surface area contributed by atoms with E-state index in [9.17, 15) is 4.79 Å². The van der Waals surface area contributed by atoms with Crippen LogP contribution < -0.4 is 5.32 Å². The lowest BCUT2D eigenvalue weighted by Gasteiger charge is -2.13. The summed E-state index contributed by atoms with van der Waals surface area (Å²) >= 11 is 0. The molecule has 0 bridgehead atoms. The Kier molecular flexibility index (Phi) is 4.98. The molecule has 128 valence electrons. The molecule has 0 fully saturated rings. The minimum Gasteiger partial charge on any atom is -0.331 e. The molecule has 3 aromatic rings. The second-order valence-corrected chi connectivity index (χ2v) is 6.22. The number of hydrogen-bond acceptors (Lipinski definition) is 2. The van der Waals surface area contributed by atoms with Crippen LogP contribution in [0.25, 0.3) is 0 Å². The van der Waals surface area contributed by atoms with E-state index in [0.29, 0.717) is 5.56 Å². The molecule has 1 heterocycles. The quantitative estimate of drug-likeness (QED) is 0.754. The van der Waals surface area contributed by atoms with Crippen LogP contribution in [0.1, 0.15) is 39.8 Å². The van der Waals surface area contributed by atoms with Gasteiger partial charge in [-0.25, -0.2) is 4.98 Å². The molecule has 0 spiro atoms. The Bertz CT molecular complexity index is 878. The van der Waals surface area contributed by atoms with Crippen molar-refractivity contribution in [1.82, 2.24) is 9.55 Å². The summed E-state index contributed by atoms with van der Waals surface area (Å²) in [5.74, 6) is 0.905. The molecule has 0 atom stereocenters. The number of carbonyl (C=O) groups excluding carboxylic acids is 1. The number of aryl methyl sites for hydroxylation is 3. The number of aromatic nitrogens is 2. The minimum absolute atomic E-state index is 0.0747. The highest BCUT2D eigenvalue weighted by molar-refractivity contribution is 6.05. The van der Waals surface area contributed by atoms with Gasteiger partial charge in [0, 0.05) is 30.2 Å². The first-order valence-corrected chi connectivity index (χ1v) is 8.55. The summed E-state index contributed by atoms with van der Waals surface area (Å²) < 4.78 is 2.08. The third kappa shape index (κ3) is 3.79. The number of nitrogens with one attached hydrogen (secondary N) is 1. The number of imidazole rings is 1. The van der Waals surface area contributed by atoms with E-state index in [4.69, 9.17) is 0 Å². The van der Waals surface area contributed by atoms with Gasteiger partial charge in [-0.2, -0.15) is 0 Å². The van der Waals surface area contributed by atoms with Crippen LogP contribution in [0, 0.1) is 13.8 Å². The van der Waals surface area contributed by atoms with Crippen LogP contribution in [0.3, 0.4) is 0 Å². The van der Waals surface area contributed by atoms with Crippen molar-refractivity contribution in [1.29, 1.82) is 0 Å². The van der Waals surface area contributed by atoms with Crippen LogP contribution in [-0.4, -0.2) is 15.5 Å². The fraction of sp³-hybridized carbons (Fsp3) is 0.238. The highest BCUT2D eigenvalue weighted by atomic mass is 16.1. The van der Waals surface area contributed by atoms with Gasteiger partial charge in [0.25, 0.3) is 5.91 Å². The fourth-order valence-electron chi connectivity index (χ4n) is 2.92. The Morgan fingerprint density at radius 2 is 1.88 bits per heavy atom. The van der Waals surface area contributed by atoms with Crippen molar-refractivity contribution in [2.24, 2.45) is 0 Å². The first-order valence-electron chi connectivity index (χ1n) is 8.55. The van der Waals surface area contributed by atoms with E-state index in [1.165, 1.54) is 0 Å². The highest BCUT2D eigenvalue weighted by Gasteiger charge is 2.11. The number of hydrogen-bond donors (Lipinski definition) is 1. The summed E-state index contributed by atoms with van der Waals surface area (Å²) in [5, 5.41) is 3.07. The Balaban J connectivity index is 1.74. The van der Waals surface area contributed by atoms with Gasteiger partial charge in [0.15, 0.2) is 0 Å². The maximum absolute atomic E-state index is 12.6. The van der Waals surface area contributed by atoms with Crippen LogP contribution in [-0.2, 0) is 13.0 Å². The van der Waals surface area contributed by atoms with E-state index in [2.05, 4.69) is 27.9 Å². The number of rotatable bonds is 5. The van der Waals surface area contributed by atoms with Crippen LogP contribution in [0.2, 0.25) is 0 Å². The number of para-hydroxylation sites is 1. The molecular formula is C21H23N3O. The van der Waals surface area contributed by atoms with Gasteiger partial charge in [0.05, 0.1) is 0 Å². The van der Waals surface area contributed by atoms with Gasteiger partial charge in [-0.15, -0.1) is 0 Å². The van der Waals surface area contributed by atoms with Crippen molar-refractivity contribution in [2.45, 2.75) is 33.7 Å². The zero-order valence-electron chi connectivity index (χ0n) is 14.9. The van der Waals surface area contributed by atoms with Crippen molar-refractivity contribution in [3.8, 4) is 0 Å². The summed E-state index contributed by atoms with van der Waals surface area (Å²) in [7, 11) is 0. The average molecular weight is 333 g/mol. The molecule has 1 aromatic heterocycles. The molecule has 1 N–H and O–H groups in total. The van der Waals surface area contributed by atoms with Crippen LogP contribution in [0.5, 0.6) is 0 Å². The third-order valence-corrected chi connectivity index (χ3v) is 4.47. The molecule has 2 aromatic carbocycles. The van der Waals surface area contributed by atoms with E-state index in [1.54, 1.807) is 6.20 Å². The second kappa shape index (κ2) is 7.34. The highest BCUT2D eigenvalue weighted by Crippen LogP contribution is 2.22. The Morgan fingerprint density at radius 1 is 1.12 bits per heavy atom. The molecular weight excluding hydrogens is 310 g/mol. The summed E-state index contributed by atoms with van der Waals surface area (Å²) in [6.07, 6.45) is 4.64. The summed E-state index contributed by atoms with van der Waals surface area (Å²) in [6, 6.07) is 13.8. The summed E-state index contributed by atoms with van der Waals surface area (Å²) in [4.78, 5) is 16.8. The zero-order valence-corrected chi connectivity index (χ0v) is 14.9. The van der Waals surface area contributed by atoms with E-state index in [-0.39, 0.29) is 5.91 Å². The Hall–Kier alpha value is -2.88. The predicted octanol–water partition coefficient (Wildman–Crippen LogP) is 4.36. The van der Waals surface area contributed by atoms with E-state index in [0.717, 1.165) is 41.2 Å². The van der Waals surface area contributed by atoms with E-state index in [1.807, 2.05) is 56.4 Å². The molecule has 0 aliphatic heterocycles. The smallest absolute Gasteiger partial charge is 0.255 e. The third-order valence-electron chi connectivity index (χ3n) is 4.47. The molecule has 0 aliphatic carbocycles. The molecule has 0 aliphatic rings. The predicted molar refractivity (Wildman–Crippen MR) is 101 cm³/mol. The fourth-order valence-corrected chi connectivity index (χ4v) is 2.92. The summed E-state index contributed by atoms with van der Waals surface area (Å²) in [6.45, 7) is 6.85. The molecule has 4 nitrogen and oxygen atoms in total. The lowest BCUT2D eigenvalue weighted by Crippen LogP contribution is -2.14. The number of benzene rings is 2. The number of anilines is 1. The monoisotopic (exact) mass is 333 g/mol. The second-order valence-electron chi connectivity index (χ2n) is 6.22. The van der Waals surface area contributed by atoms with Crippen LogP contribution in [0.4, 0.5) is 5.69 Å². The Morgan fingerprint density at radius 3 is 2.52 bits per heavy atom. The van der Waals surface area contributed by atoms with Crippen LogP contribution >= 0.6 is 0 Å². The molecule has 25 heavy (non-hydrogen) atoms. The lowest BCUT2D eigenvalue weighted by molar-refractivity contribution is 0.102.